The number of benzene rings is 2. The third-order valence-corrected chi connectivity index (χ3v) is 5.66. The van der Waals surface area contributed by atoms with Crippen LogP contribution in [0.4, 0.5) is 0 Å². The molecule has 0 radical (unpaired) electrons. The summed E-state index contributed by atoms with van der Waals surface area (Å²) in [6.45, 7) is 3.98. The highest BCUT2D eigenvalue weighted by molar-refractivity contribution is 5.91. The van der Waals surface area contributed by atoms with E-state index in [1.807, 2.05) is 74.8 Å². The van der Waals surface area contributed by atoms with Gasteiger partial charge in [-0.3, -0.25) is 14.8 Å². The maximum atomic E-state index is 13.1. The summed E-state index contributed by atoms with van der Waals surface area (Å²) < 4.78 is 0. The molecule has 0 saturated heterocycles. The van der Waals surface area contributed by atoms with Crippen molar-refractivity contribution in [1.82, 2.24) is 9.97 Å². The lowest BCUT2D eigenvalue weighted by Crippen LogP contribution is -2.16. The van der Waals surface area contributed by atoms with Crippen LogP contribution in [0.25, 0.3) is 22.3 Å². The third-order valence-electron chi connectivity index (χ3n) is 5.66. The zero-order valence-corrected chi connectivity index (χ0v) is 17.2. The van der Waals surface area contributed by atoms with E-state index >= 15 is 0 Å². The van der Waals surface area contributed by atoms with Crippen LogP contribution in [0.1, 0.15) is 36.8 Å². The molecule has 0 spiro atoms. The maximum absolute atomic E-state index is 13.1. The fourth-order valence-electron chi connectivity index (χ4n) is 3.70. The number of rotatable bonds is 6. The molecular weight excluding hydrogens is 368 g/mol. The van der Waals surface area contributed by atoms with Gasteiger partial charge in [-0.05, 0) is 45.5 Å². The minimum absolute atomic E-state index is 0.166. The second-order valence-corrected chi connectivity index (χ2v) is 7.57. The van der Waals surface area contributed by atoms with Crippen molar-refractivity contribution in [2.45, 2.75) is 25.7 Å². The summed E-state index contributed by atoms with van der Waals surface area (Å²) in [6, 6.07) is 24.3. The molecule has 2 aromatic carbocycles. The first-order valence-electron chi connectivity index (χ1n) is 10.2. The van der Waals surface area contributed by atoms with Gasteiger partial charge < -0.3 is 0 Å². The Morgan fingerprint density at radius 2 is 1.00 bits per heavy atom. The molecule has 0 aliphatic rings. The number of carbonyl (C=O) groups excluding carboxylic acids is 1. The quantitative estimate of drug-likeness (QED) is 0.387. The lowest BCUT2D eigenvalue weighted by atomic mass is 9.85. The Labute approximate surface area is 177 Å². The van der Waals surface area contributed by atoms with Crippen LogP contribution in [0.5, 0.6) is 0 Å². The summed E-state index contributed by atoms with van der Waals surface area (Å²) in [5.74, 6) is -0.111. The zero-order valence-electron chi connectivity index (χ0n) is 17.2. The predicted molar refractivity (Wildman–Crippen MR) is 121 cm³/mol. The number of hydrogen-bond acceptors (Lipinski definition) is 3. The van der Waals surface area contributed by atoms with Crippen molar-refractivity contribution in [3.63, 3.8) is 0 Å². The van der Waals surface area contributed by atoms with E-state index in [1.54, 1.807) is 12.4 Å². The molecule has 4 rings (SSSR count). The average Bonchev–Trinajstić information content (AvgIpc) is 2.84. The fraction of sp³-hybridized carbons (Fsp3) is 0.148. The lowest BCUT2D eigenvalue weighted by molar-refractivity contribution is -0.121. The van der Waals surface area contributed by atoms with Gasteiger partial charge in [0.2, 0.25) is 0 Å². The lowest BCUT2D eigenvalue weighted by Gasteiger charge is -2.18. The summed E-state index contributed by atoms with van der Waals surface area (Å²) in [6.07, 6.45) is 7.23. The molecule has 4 aromatic rings. The van der Waals surface area contributed by atoms with Crippen molar-refractivity contribution < 1.29 is 4.79 Å². The molecule has 30 heavy (non-hydrogen) atoms. The van der Waals surface area contributed by atoms with E-state index in [9.17, 15) is 4.79 Å². The highest BCUT2D eigenvalue weighted by Crippen LogP contribution is 2.29. The van der Waals surface area contributed by atoms with Crippen molar-refractivity contribution in [3.05, 3.63) is 109 Å². The van der Waals surface area contributed by atoms with E-state index in [4.69, 9.17) is 0 Å². The standard InChI is InChI=1S/C27H24N2O/c1-19(21-7-11-23(12-8-21)25-5-3-15-28-17-25)27(30)20(2)22-9-13-24(14-10-22)26-6-4-16-29-18-26/h3-20H,1-2H3. The molecule has 0 bridgehead atoms. The number of Topliss-reactive ketones (excluding diaryl/α,β-unsaturated/α-hetero) is 1. The number of ketones is 1. The van der Waals surface area contributed by atoms with E-state index in [2.05, 4.69) is 34.2 Å². The van der Waals surface area contributed by atoms with E-state index in [0.29, 0.717) is 0 Å². The monoisotopic (exact) mass is 392 g/mol. The van der Waals surface area contributed by atoms with Crippen LogP contribution in [0, 0.1) is 0 Å². The van der Waals surface area contributed by atoms with Crippen LogP contribution in [-0.2, 0) is 4.79 Å². The van der Waals surface area contributed by atoms with Crippen LogP contribution < -0.4 is 0 Å². The smallest absolute Gasteiger partial charge is 0.147 e. The molecule has 0 N–H and O–H groups in total. The minimum Gasteiger partial charge on any atom is -0.298 e. The highest BCUT2D eigenvalue weighted by Gasteiger charge is 2.23. The number of carbonyl (C=O) groups is 1. The second-order valence-electron chi connectivity index (χ2n) is 7.57. The van der Waals surface area contributed by atoms with Gasteiger partial charge in [-0.25, -0.2) is 0 Å². The molecule has 148 valence electrons. The van der Waals surface area contributed by atoms with Gasteiger partial charge in [-0.2, -0.15) is 0 Å². The molecule has 0 aliphatic heterocycles. The average molecular weight is 393 g/mol. The summed E-state index contributed by atoms with van der Waals surface area (Å²) in [5, 5.41) is 0. The van der Waals surface area contributed by atoms with Gasteiger partial charge in [0.05, 0.1) is 0 Å². The number of aromatic nitrogens is 2. The van der Waals surface area contributed by atoms with E-state index in [0.717, 1.165) is 33.4 Å². The van der Waals surface area contributed by atoms with Crippen molar-refractivity contribution >= 4 is 5.78 Å². The molecule has 0 aliphatic carbocycles. The Morgan fingerprint density at radius 3 is 1.33 bits per heavy atom. The molecule has 0 saturated carbocycles. The minimum atomic E-state index is -0.166. The topological polar surface area (TPSA) is 42.9 Å². The van der Waals surface area contributed by atoms with Crippen molar-refractivity contribution in [1.29, 1.82) is 0 Å². The van der Waals surface area contributed by atoms with Crippen LogP contribution in [0.2, 0.25) is 0 Å². The summed E-state index contributed by atoms with van der Waals surface area (Å²) in [5.41, 5.74) is 6.42. The van der Waals surface area contributed by atoms with Gasteiger partial charge in [0, 0.05) is 36.6 Å². The highest BCUT2D eigenvalue weighted by atomic mass is 16.1. The Hall–Kier alpha value is -3.59. The molecule has 2 atom stereocenters. The predicted octanol–water partition coefficient (Wildman–Crippen LogP) is 6.29. The van der Waals surface area contributed by atoms with Gasteiger partial charge >= 0.3 is 0 Å². The van der Waals surface area contributed by atoms with Crippen molar-refractivity contribution in [2.24, 2.45) is 0 Å². The molecule has 3 nitrogen and oxygen atoms in total. The van der Waals surface area contributed by atoms with E-state index in [1.165, 1.54) is 0 Å². The molecule has 0 fully saturated rings. The Bertz CT molecular complexity index is 1010. The summed E-state index contributed by atoms with van der Waals surface area (Å²) in [4.78, 5) is 21.5. The first kappa shape index (κ1) is 19.7. The van der Waals surface area contributed by atoms with Gasteiger partial charge in [-0.15, -0.1) is 0 Å². The van der Waals surface area contributed by atoms with Crippen LogP contribution in [0.15, 0.2) is 97.6 Å². The Balaban J connectivity index is 1.48. The zero-order chi connectivity index (χ0) is 20.9. The van der Waals surface area contributed by atoms with Gasteiger partial charge in [0.1, 0.15) is 5.78 Å². The molecule has 2 heterocycles. The molecule has 2 unspecified atom stereocenters. The molecule has 2 aromatic heterocycles. The van der Waals surface area contributed by atoms with Crippen molar-refractivity contribution in [2.75, 3.05) is 0 Å². The van der Waals surface area contributed by atoms with Gasteiger partial charge in [0.15, 0.2) is 0 Å². The SMILES string of the molecule is CC(C(=O)C(C)c1ccc(-c2cccnc2)cc1)c1ccc(-c2cccnc2)cc1. The normalized spacial score (nSPS) is 12.9. The van der Waals surface area contributed by atoms with Crippen LogP contribution in [0.3, 0.4) is 0 Å². The Kier molecular flexibility index (Phi) is 5.80. The van der Waals surface area contributed by atoms with Gasteiger partial charge in [-0.1, -0.05) is 74.5 Å². The maximum Gasteiger partial charge on any atom is 0.147 e. The van der Waals surface area contributed by atoms with E-state index in [-0.39, 0.29) is 17.6 Å². The van der Waals surface area contributed by atoms with Gasteiger partial charge in [0.25, 0.3) is 0 Å². The summed E-state index contributed by atoms with van der Waals surface area (Å²) in [7, 11) is 0. The Morgan fingerprint density at radius 1 is 0.600 bits per heavy atom. The summed E-state index contributed by atoms with van der Waals surface area (Å²) >= 11 is 0. The number of hydrogen-bond donors (Lipinski definition) is 0. The fourth-order valence-corrected chi connectivity index (χ4v) is 3.70. The van der Waals surface area contributed by atoms with E-state index < -0.39 is 0 Å². The first-order valence-corrected chi connectivity index (χ1v) is 10.2. The van der Waals surface area contributed by atoms with Crippen LogP contribution >= 0.6 is 0 Å². The number of nitrogens with zero attached hydrogens (tertiary/aromatic N) is 2. The molecule has 0 amide bonds. The van der Waals surface area contributed by atoms with Crippen LogP contribution in [-0.4, -0.2) is 15.8 Å². The molecular formula is C27H24N2O. The second kappa shape index (κ2) is 8.83. The third kappa shape index (κ3) is 4.20. The van der Waals surface area contributed by atoms with Crippen molar-refractivity contribution in [3.8, 4) is 22.3 Å². The molecule has 3 heteroatoms. The first-order chi connectivity index (χ1) is 14.6. The number of pyridine rings is 2. The largest absolute Gasteiger partial charge is 0.298 e.